The summed E-state index contributed by atoms with van der Waals surface area (Å²) in [6, 6.07) is 7.47. The topological polar surface area (TPSA) is 75.2 Å². The average Bonchev–Trinajstić information content (AvgIpc) is 2.81. The zero-order valence-electron chi connectivity index (χ0n) is 12.1. The molecule has 3 rings (SSSR count). The van der Waals surface area contributed by atoms with E-state index in [2.05, 4.69) is 9.97 Å². The second-order valence-electron chi connectivity index (χ2n) is 4.70. The molecule has 0 saturated carbocycles. The molecular formula is C15H16N4O2. The summed E-state index contributed by atoms with van der Waals surface area (Å²) in [5, 5.41) is 0. The molecule has 0 amide bonds. The largest absolute Gasteiger partial charge is 0.497 e. The fourth-order valence-corrected chi connectivity index (χ4v) is 2.29. The van der Waals surface area contributed by atoms with Gasteiger partial charge in [0.25, 0.3) is 0 Å². The number of hydrogen-bond donors (Lipinski definition) is 1. The molecule has 6 heteroatoms. The zero-order valence-corrected chi connectivity index (χ0v) is 12.1. The molecule has 2 aromatic heterocycles. The van der Waals surface area contributed by atoms with Gasteiger partial charge in [-0.15, -0.1) is 0 Å². The van der Waals surface area contributed by atoms with Crippen LogP contribution in [-0.4, -0.2) is 28.8 Å². The highest BCUT2D eigenvalue weighted by Gasteiger charge is 2.15. The van der Waals surface area contributed by atoms with Crippen molar-refractivity contribution in [3.05, 3.63) is 36.0 Å². The van der Waals surface area contributed by atoms with E-state index in [0.717, 1.165) is 16.8 Å². The first-order valence-corrected chi connectivity index (χ1v) is 6.47. The molecule has 0 saturated heterocycles. The summed E-state index contributed by atoms with van der Waals surface area (Å²) < 4.78 is 12.4. The molecule has 0 bridgehead atoms. The fourth-order valence-electron chi connectivity index (χ4n) is 2.29. The zero-order chi connectivity index (χ0) is 15.0. The fraction of sp³-hybridized carbons (Fsp3) is 0.200. The Labute approximate surface area is 122 Å². The summed E-state index contributed by atoms with van der Waals surface area (Å²) in [6.45, 7) is 1.97. The molecule has 0 radical (unpaired) electrons. The number of fused-ring (bicyclic) bond motifs is 1. The van der Waals surface area contributed by atoms with E-state index in [0.29, 0.717) is 23.1 Å². The van der Waals surface area contributed by atoms with Crippen LogP contribution >= 0.6 is 0 Å². The summed E-state index contributed by atoms with van der Waals surface area (Å²) in [7, 11) is 3.21. The maximum atomic E-state index is 6.05. The predicted octanol–water partition coefficient (Wildman–Crippen LogP) is 2.33. The molecule has 0 spiro atoms. The molecule has 21 heavy (non-hydrogen) atoms. The number of anilines is 1. The Morgan fingerprint density at radius 1 is 1.14 bits per heavy atom. The van der Waals surface area contributed by atoms with Crippen molar-refractivity contribution >= 4 is 17.1 Å². The van der Waals surface area contributed by atoms with E-state index >= 15 is 0 Å². The first-order chi connectivity index (χ1) is 10.1. The van der Waals surface area contributed by atoms with E-state index in [9.17, 15) is 0 Å². The molecule has 3 aromatic rings. The van der Waals surface area contributed by atoms with Crippen molar-refractivity contribution in [3.63, 3.8) is 0 Å². The monoisotopic (exact) mass is 284 g/mol. The Hall–Kier alpha value is -2.76. The number of benzene rings is 1. The van der Waals surface area contributed by atoms with Gasteiger partial charge in [-0.1, -0.05) is 0 Å². The number of nitrogens with zero attached hydrogens (tertiary/aromatic N) is 3. The van der Waals surface area contributed by atoms with E-state index in [1.54, 1.807) is 31.0 Å². The summed E-state index contributed by atoms with van der Waals surface area (Å²) in [6.07, 6.45) is 1.79. The Balaban J connectivity index is 2.27. The van der Waals surface area contributed by atoms with Crippen LogP contribution in [0.5, 0.6) is 11.5 Å². The van der Waals surface area contributed by atoms with Gasteiger partial charge in [-0.25, -0.2) is 9.97 Å². The number of nitrogen functional groups attached to an aromatic ring is 1. The second-order valence-corrected chi connectivity index (χ2v) is 4.70. The molecule has 0 unspecified atom stereocenters. The van der Waals surface area contributed by atoms with Crippen molar-refractivity contribution in [2.75, 3.05) is 20.0 Å². The Bertz CT molecular complexity index is 811. The lowest BCUT2D eigenvalue weighted by molar-refractivity contribution is 0.393. The number of methoxy groups -OCH3 is 2. The number of aromatic nitrogens is 3. The van der Waals surface area contributed by atoms with Crippen LogP contribution in [-0.2, 0) is 0 Å². The lowest BCUT2D eigenvalue weighted by Gasteiger charge is -2.12. The molecule has 2 heterocycles. The standard InChI is InChI=1S/C15H16N4O2/c1-9-6-11-14(17-8-9)19(15(16)18-11)12-5-4-10(20-2)7-13(12)21-3/h4-8H,1-3H3,(H2,16,18). The van der Waals surface area contributed by atoms with Gasteiger partial charge in [0.05, 0.1) is 19.9 Å². The lowest BCUT2D eigenvalue weighted by Crippen LogP contribution is -2.03. The van der Waals surface area contributed by atoms with E-state index in [1.165, 1.54) is 0 Å². The van der Waals surface area contributed by atoms with Crippen LogP contribution in [0.25, 0.3) is 16.9 Å². The minimum absolute atomic E-state index is 0.367. The van der Waals surface area contributed by atoms with E-state index in [-0.39, 0.29) is 0 Å². The maximum absolute atomic E-state index is 6.05. The third-order valence-electron chi connectivity index (χ3n) is 3.29. The molecule has 0 atom stereocenters. The van der Waals surface area contributed by atoms with Crippen LogP contribution < -0.4 is 15.2 Å². The summed E-state index contributed by atoms with van der Waals surface area (Å²) >= 11 is 0. The van der Waals surface area contributed by atoms with Gasteiger partial charge in [0.1, 0.15) is 17.0 Å². The van der Waals surface area contributed by atoms with Gasteiger partial charge < -0.3 is 15.2 Å². The van der Waals surface area contributed by atoms with Crippen LogP contribution in [0, 0.1) is 6.92 Å². The van der Waals surface area contributed by atoms with Crippen molar-refractivity contribution in [1.82, 2.24) is 14.5 Å². The molecule has 0 aliphatic heterocycles. The normalized spacial score (nSPS) is 10.8. The van der Waals surface area contributed by atoms with Gasteiger partial charge in [0.15, 0.2) is 5.65 Å². The van der Waals surface area contributed by atoms with Crippen LogP contribution in [0.15, 0.2) is 30.5 Å². The number of nitrogens with two attached hydrogens (primary N) is 1. The highest BCUT2D eigenvalue weighted by atomic mass is 16.5. The Kier molecular flexibility index (Phi) is 3.13. The average molecular weight is 284 g/mol. The summed E-state index contributed by atoms with van der Waals surface area (Å²) in [5.41, 5.74) is 9.31. The number of pyridine rings is 1. The molecule has 2 N–H and O–H groups in total. The number of imidazole rings is 1. The number of ether oxygens (including phenoxy) is 2. The highest BCUT2D eigenvalue weighted by molar-refractivity contribution is 5.78. The summed E-state index contributed by atoms with van der Waals surface area (Å²) in [5.74, 6) is 1.72. The first-order valence-electron chi connectivity index (χ1n) is 6.47. The van der Waals surface area contributed by atoms with Crippen LogP contribution in [0.1, 0.15) is 5.56 Å². The molecule has 0 fully saturated rings. The van der Waals surface area contributed by atoms with Gasteiger partial charge in [0.2, 0.25) is 5.95 Å². The lowest BCUT2D eigenvalue weighted by atomic mass is 10.2. The molecular weight excluding hydrogens is 268 g/mol. The third-order valence-corrected chi connectivity index (χ3v) is 3.29. The minimum Gasteiger partial charge on any atom is -0.497 e. The number of hydrogen-bond acceptors (Lipinski definition) is 5. The van der Waals surface area contributed by atoms with E-state index < -0.39 is 0 Å². The molecule has 0 aliphatic carbocycles. The molecule has 108 valence electrons. The number of aryl methyl sites for hydroxylation is 1. The van der Waals surface area contributed by atoms with Gasteiger partial charge in [-0.05, 0) is 30.7 Å². The van der Waals surface area contributed by atoms with Crippen LogP contribution in [0.4, 0.5) is 5.95 Å². The quantitative estimate of drug-likeness (QED) is 0.799. The van der Waals surface area contributed by atoms with Crippen molar-refractivity contribution in [2.45, 2.75) is 6.92 Å². The van der Waals surface area contributed by atoms with E-state index in [4.69, 9.17) is 15.2 Å². The molecule has 1 aromatic carbocycles. The first kappa shape index (κ1) is 13.2. The Morgan fingerprint density at radius 3 is 2.67 bits per heavy atom. The number of rotatable bonds is 3. The smallest absolute Gasteiger partial charge is 0.207 e. The second kappa shape index (κ2) is 4.97. The van der Waals surface area contributed by atoms with Crippen molar-refractivity contribution in [1.29, 1.82) is 0 Å². The van der Waals surface area contributed by atoms with Crippen molar-refractivity contribution in [3.8, 4) is 17.2 Å². The van der Waals surface area contributed by atoms with Gasteiger partial charge in [-0.2, -0.15) is 0 Å². The van der Waals surface area contributed by atoms with Gasteiger partial charge in [0, 0.05) is 12.3 Å². The van der Waals surface area contributed by atoms with Crippen molar-refractivity contribution in [2.24, 2.45) is 0 Å². The summed E-state index contributed by atoms with van der Waals surface area (Å²) in [4.78, 5) is 8.79. The molecule has 0 aliphatic rings. The van der Waals surface area contributed by atoms with E-state index in [1.807, 2.05) is 25.1 Å². The van der Waals surface area contributed by atoms with Gasteiger partial charge in [-0.3, -0.25) is 4.57 Å². The maximum Gasteiger partial charge on any atom is 0.207 e. The van der Waals surface area contributed by atoms with Crippen LogP contribution in [0.2, 0.25) is 0 Å². The van der Waals surface area contributed by atoms with Gasteiger partial charge >= 0.3 is 0 Å². The van der Waals surface area contributed by atoms with Crippen LogP contribution in [0.3, 0.4) is 0 Å². The third kappa shape index (κ3) is 2.14. The minimum atomic E-state index is 0.367. The molecule has 6 nitrogen and oxygen atoms in total. The van der Waals surface area contributed by atoms with Crippen molar-refractivity contribution < 1.29 is 9.47 Å². The predicted molar refractivity (Wildman–Crippen MR) is 81.1 cm³/mol. The Morgan fingerprint density at radius 2 is 1.95 bits per heavy atom. The highest BCUT2D eigenvalue weighted by Crippen LogP contribution is 2.31. The SMILES string of the molecule is COc1ccc(-n2c(N)nc3cc(C)cnc32)c(OC)c1.